The Morgan fingerprint density at radius 1 is 1.05 bits per heavy atom. The molecule has 0 N–H and O–H groups in total. The lowest BCUT2D eigenvalue weighted by atomic mass is 10.1. The maximum Gasteiger partial charge on any atom is 0.173 e. The predicted molar refractivity (Wildman–Crippen MR) is 85.8 cm³/mol. The minimum absolute atomic E-state index is 0.113. The number of fused-ring (bicyclic) bond motifs is 1. The summed E-state index contributed by atoms with van der Waals surface area (Å²) in [5.41, 5.74) is 1.65. The Bertz CT molecular complexity index is 801. The van der Waals surface area contributed by atoms with Gasteiger partial charge in [0.15, 0.2) is 5.78 Å². The quantitative estimate of drug-likeness (QED) is 0.415. The van der Waals surface area contributed by atoms with Crippen molar-refractivity contribution in [2.45, 2.75) is 11.9 Å². The van der Waals surface area contributed by atoms with E-state index in [-0.39, 0.29) is 5.78 Å². The van der Waals surface area contributed by atoms with Crippen LogP contribution >= 0.6 is 11.8 Å². The molecule has 21 heavy (non-hydrogen) atoms. The van der Waals surface area contributed by atoms with E-state index >= 15 is 0 Å². The van der Waals surface area contributed by atoms with Crippen molar-refractivity contribution in [3.8, 4) is 0 Å². The standard InChI is InChI=1S/C17H14N2OS/c1-12-8-17(19-11-18-12)21-10-16(20)15-7-6-13-4-2-3-5-14(13)9-15/h2-9,11H,10H2,1H3. The van der Waals surface area contributed by atoms with Crippen molar-refractivity contribution < 1.29 is 4.79 Å². The molecule has 2 aromatic carbocycles. The van der Waals surface area contributed by atoms with Crippen LogP contribution in [-0.4, -0.2) is 21.5 Å². The number of carbonyl (C=O) groups excluding carboxylic acids is 1. The molecule has 0 aliphatic rings. The zero-order valence-electron chi connectivity index (χ0n) is 11.6. The van der Waals surface area contributed by atoms with Crippen LogP contribution in [0.2, 0.25) is 0 Å². The molecule has 4 heteroatoms. The van der Waals surface area contributed by atoms with Gasteiger partial charge in [0.25, 0.3) is 0 Å². The summed E-state index contributed by atoms with van der Waals surface area (Å²) in [5.74, 6) is 0.497. The Morgan fingerprint density at radius 3 is 2.67 bits per heavy atom. The molecule has 1 heterocycles. The SMILES string of the molecule is Cc1cc(SCC(=O)c2ccc3ccccc3c2)ncn1. The van der Waals surface area contributed by atoms with E-state index in [9.17, 15) is 4.79 Å². The van der Waals surface area contributed by atoms with Gasteiger partial charge in [-0.05, 0) is 29.8 Å². The molecule has 0 fully saturated rings. The molecule has 0 unspecified atom stereocenters. The van der Waals surface area contributed by atoms with Gasteiger partial charge in [0.1, 0.15) is 11.4 Å². The lowest BCUT2D eigenvalue weighted by Gasteiger charge is -2.03. The van der Waals surface area contributed by atoms with Crippen LogP contribution in [0.3, 0.4) is 0 Å². The molecular formula is C17H14N2OS. The molecule has 0 amide bonds. The first-order valence-corrected chi connectivity index (χ1v) is 7.64. The van der Waals surface area contributed by atoms with Crippen molar-refractivity contribution in [3.63, 3.8) is 0 Å². The number of aromatic nitrogens is 2. The summed E-state index contributed by atoms with van der Waals surface area (Å²) < 4.78 is 0. The first-order valence-electron chi connectivity index (χ1n) is 6.66. The molecule has 104 valence electrons. The Labute approximate surface area is 127 Å². The molecule has 0 saturated carbocycles. The first kappa shape index (κ1) is 13.8. The molecule has 0 bridgehead atoms. The fraction of sp³-hybridized carbons (Fsp3) is 0.118. The minimum atomic E-state index is 0.113. The third kappa shape index (κ3) is 3.28. The van der Waals surface area contributed by atoms with Crippen LogP contribution in [-0.2, 0) is 0 Å². The summed E-state index contributed by atoms with van der Waals surface area (Å²) in [6, 6.07) is 15.8. The van der Waals surface area contributed by atoms with E-state index in [1.165, 1.54) is 18.1 Å². The molecule has 1 aromatic heterocycles. The van der Waals surface area contributed by atoms with E-state index in [0.717, 1.165) is 27.1 Å². The highest BCUT2D eigenvalue weighted by atomic mass is 32.2. The molecule has 0 spiro atoms. The number of benzene rings is 2. The van der Waals surface area contributed by atoms with Gasteiger partial charge in [0, 0.05) is 11.3 Å². The Balaban J connectivity index is 1.74. The van der Waals surface area contributed by atoms with Crippen molar-refractivity contribution in [1.82, 2.24) is 9.97 Å². The van der Waals surface area contributed by atoms with Crippen LogP contribution in [0.4, 0.5) is 0 Å². The smallest absolute Gasteiger partial charge is 0.173 e. The van der Waals surface area contributed by atoms with Gasteiger partial charge >= 0.3 is 0 Å². The van der Waals surface area contributed by atoms with Crippen molar-refractivity contribution in [2.24, 2.45) is 0 Å². The molecule has 0 aliphatic carbocycles. The van der Waals surface area contributed by atoms with Crippen molar-refractivity contribution >= 4 is 28.3 Å². The second-order valence-electron chi connectivity index (χ2n) is 4.77. The summed E-state index contributed by atoms with van der Waals surface area (Å²) in [4.78, 5) is 20.5. The molecule has 3 aromatic rings. The van der Waals surface area contributed by atoms with E-state index in [0.29, 0.717) is 5.75 Å². The van der Waals surface area contributed by atoms with Gasteiger partial charge in [-0.2, -0.15) is 0 Å². The zero-order valence-corrected chi connectivity index (χ0v) is 12.4. The number of hydrogen-bond acceptors (Lipinski definition) is 4. The number of carbonyl (C=O) groups is 1. The zero-order chi connectivity index (χ0) is 14.7. The number of aryl methyl sites for hydroxylation is 1. The maximum absolute atomic E-state index is 12.3. The van der Waals surface area contributed by atoms with E-state index in [2.05, 4.69) is 9.97 Å². The van der Waals surface area contributed by atoms with Crippen LogP contribution < -0.4 is 0 Å². The third-order valence-electron chi connectivity index (χ3n) is 3.20. The van der Waals surface area contributed by atoms with E-state index < -0.39 is 0 Å². The average molecular weight is 294 g/mol. The molecule has 0 saturated heterocycles. The van der Waals surface area contributed by atoms with Gasteiger partial charge in [-0.15, -0.1) is 0 Å². The van der Waals surface area contributed by atoms with Gasteiger partial charge in [0.05, 0.1) is 5.75 Å². The van der Waals surface area contributed by atoms with Crippen molar-refractivity contribution in [3.05, 3.63) is 66.1 Å². The lowest BCUT2D eigenvalue weighted by molar-refractivity contribution is 0.102. The highest BCUT2D eigenvalue weighted by Gasteiger charge is 2.08. The van der Waals surface area contributed by atoms with Gasteiger partial charge in [-0.1, -0.05) is 48.2 Å². The summed E-state index contributed by atoms with van der Waals surface area (Å²) in [6.07, 6.45) is 1.53. The Kier molecular flexibility index (Phi) is 3.97. The van der Waals surface area contributed by atoms with Gasteiger partial charge in [0.2, 0.25) is 0 Å². The van der Waals surface area contributed by atoms with E-state index in [4.69, 9.17) is 0 Å². The number of hydrogen-bond donors (Lipinski definition) is 0. The summed E-state index contributed by atoms with van der Waals surface area (Å²) in [5, 5.41) is 3.07. The van der Waals surface area contributed by atoms with Gasteiger partial charge in [-0.25, -0.2) is 9.97 Å². The van der Waals surface area contributed by atoms with Crippen LogP contribution in [0, 0.1) is 6.92 Å². The highest BCUT2D eigenvalue weighted by Crippen LogP contribution is 2.20. The Hall–Kier alpha value is -2.20. The number of thioether (sulfide) groups is 1. The summed E-state index contributed by atoms with van der Waals surface area (Å²) in [7, 11) is 0. The normalized spacial score (nSPS) is 10.7. The lowest BCUT2D eigenvalue weighted by Crippen LogP contribution is -2.02. The maximum atomic E-state index is 12.3. The topological polar surface area (TPSA) is 42.9 Å². The highest BCUT2D eigenvalue weighted by molar-refractivity contribution is 7.99. The molecule has 0 atom stereocenters. The van der Waals surface area contributed by atoms with Crippen LogP contribution in [0.5, 0.6) is 0 Å². The van der Waals surface area contributed by atoms with E-state index in [1.54, 1.807) is 0 Å². The molecule has 3 rings (SSSR count). The van der Waals surface area contributed by atoms with Gasteiger partial charge in [-0.3, -0.25) is 4.79 Å². The summed E-state index contributed by atoms with van der Waals surface area (Å²) >= 11 is 1.44. The van der Waals surface area contributed by atoms with Crippen molar-refractivity contribution in [2.75, 3.05) is 5.75 Å². The summed E-state index contributed by atoms with van der Waals surface area (Å²) in [6.45, 7) is 1.91. The van der Waals surface area contributed by atoms with Crippen LogP contribution in [0.1, 0.15) is 16.1 Å². The molecular weight excluding hydrogens is 280 g/mol. The number of nitrogens with zero attached hydrogens (tertiary/aromatic N) is 2. The fourth-order valence-corrected chi connectivity index (χ4v) is 2.92. The number of rotatable bonds is 4. The van der Waals surface area contributed by atoms with E-state index in [1.807, 2.05) is 55.5 Å². The minimum Gasteiger partial charge on any atom is -0.293 e. The second-order valence-corrected chi connectivity index (χ2v) is 5.77. The third-order valence-corrected chi connectivity index (χ3v) is 4.13. The largest absolute Gasteiger partial charge is 0.293 e. The molecule has 3 nitrogen and oxygen atoms in total. The van der Waals surface area contributed by atoms with Crippen LogP contribution in [0.25, 0.3) is 10.8 Å². The first-order chi connectivity index (χ1) is 10.2. The number of ketones is 1. The monoisotopic (exact) mass is 294 g/mol. The second kappa shape index (κ2) is 6.06. The Morgan fingerprint density at radius 2 is 1.86 bits per heavy atom. The predicted octanol–water partition coefficient (Wildman–Crippen LogP) is 3.91. The fourth-order valence-electron chi connectivity index (χ4n) is 2.09. The molecule has 0 radical (unpaired) electrons. The molecule has 0 aliphatic heterocycles. The number of Topliss-reactive ketones (excluding diaryl/α,β-unsaturated/α-hetero) is 1. The van der Waals surface area contributed by atoms with Crippen molar-refractivity contribution in [1.29, 1.82) is 0 Å². The van der Waals surface area contributed by atoms with Crippen LogP contribution in [0.15, 0.2) is 59.9 Å². The van der Waals surface area contributed by atoms with Gasteiger partial charge < -0.3 is 0 Å². The average Bonchev–Trinajstić information content (AvgIpc) is 2.52.